The molecule has 1 aliphatic rings. The zero-order valence-corrected chi connectivity index (χ0v) is 13.9. The molecule has 0 bridgehead atoms. The molecular weight excluding hydrogens is 332 g/mol. The smallest absolute Gasteiger partial charge is 0.261 e. The minimum atomic E-state index is -0.250. The number of pyridine rings is 1. The number of nitrogens with one attached hydrogen (secondary N) is 1. The molecular formula is C20H16N2O4. The van der Waals surface area contributed by atoms with Crippen LogP contribution in [-0.2, 0) is 0 Å². The van der Waals surface area contributed by atoms with Gasteiger partial charge in [-0.25, -0.2) is 0 Å². The Kier molecular flexibility index (Phi) is 4.01. The van der Waals surface area contributed by atoms with Gasteiger partial charge in [0.15, 0.2) is 0 Å². The monoisotopic (exact) mass is 348 g/mol. The van der Waals surface area contributed by atoms with Gasteiger partial charge < -0.3 is 9.72 Å². The SMILES string of the molecule is O=C1c2ccccc2C(=O)N1CCCOc1ccc2[nH]c(=O)ccc2c1. The molecule has 2 aromatic carbocycles. The second-order valence-electron chi connectivity index (χ2n) is 6.08. The zero-order valence-electron chi connectivity index (χ0n) is 13.9. The second kappa shape index (κ2) is 6.48. The van der Waals surface area contributed by atoms with E-state index in [1.54, 1.807) is 42.5 Å². The molecule has 3 aromatic rings. The van der Waals surface area contributed by atoms with Crippen molar-refractivity contribution in [1.82, 2.24) is 9.88 Å². The van der Waals surface area contributed by atoms with E-state index in [4.69, 9.17) is 4.74 Å². The molecule has 2 amide bonds. The summed E-state index contributed by atoms with van der Waals surface area (Å²) >= 11 is 0. The van der Waals surface area contributed by atoms with Gasteiger partial charge in [-0.15, -0.1) is 0 Å². The fraction of sp³-hybridized carbons (Fsp3) is 0.150. The van der Waals surface area contributed by atoms with Crippen LogP contribution in [0.15, 0.2) is 59.4 Å². The molecule has 0 spiro atoms. The van der Waals surface area contributed by atoms with E-state index in [1.165, 1.54) is 11.0 Å². The Morgan fingerprint density at radius 1 is 0.885 bits per heavy atom. The first-order valence-corrected chi connectivity index (χ1v) is 8.34. The van der Waals surface area contributed by atoms with Crippen molar-refractivity contribution in [3.63, 3.8) is 0 Å². The Labute approximate surface area is 149 Å². The largest absolute Gasteiger partial charge is 0.494 e. The number of fused-ring (bicyclic) bond motifs is 2. The molecule has 0 fully saturated rings. The molecule has 130 valence electrons. The summed E-state index contributed by atoms with van der Waals surface area (Å²) < 4.78 is 5.71. The number of aromatic amines is 1. The van der Waals surface area contributed by atoms with Crippen LogP contribution < -0.4 is 10.3 Å². The molecule has 6 heteroatoms. The fourth-order valence-electron chi connectivity index (χ4n) is 3.08. The van der Waals surface area contributed by atoms with Crippen LogP contribution in [-0.4, -0.2) is 34.8 Å². The lowest BCUT2D eigenvalue weighted by atomic mass is 10.1. The van der Waals surface area contributed by atoms with E-state index >= 15 is 0 Å². The number of carbonyl (C=O) groups excluding carboxylic acids is 2. The molecule has 0 saturated carbocycles. The van der Waals surface area contributed by atoms with Crippen molar-refractivity contribution >= 4 is 22.7 Å². The minimum Gasteiger partial charge on any atom is -0.494 e. The number of hydrogen-bond donors (Lipinski definition) is 1. The zero-order chi connectivity index (χ0) is 18.1. The molecule has 0 saturated heterocycles. The molecule has 1 aromatic heterocycles. The van der Waals surface area contributed by atoms with Gasteiger partial charge in [0.1, 0.15) is 5.75 Å². The van der Waals surface area contributed by atoms with Gasteiger partial charge in [0.05, 0.1) is 17.7 Å². The van der Waals surface area contributed by atoms with E-state index in [-0.39, 0.29) is 17.4 Å². The summed E-state index contributed by atoms with van der Waals surface area (Å²) in [5.74, 6) is 0.174. The van der Waals surface area contributed by atoms with Gasteiger partial charge in [0.2, 0.25) is 5.56 Å². The molecule has 1 aliphatic heterocycles. The summed E-state index contributed by atoms with van der Waals surface area (Å²) in [5, 5.41) is 0.877. The molecule has 0 radical (unpaired) electrons. The number of amides is 2. The summed E-state index contributed by atoms with van der Waals surface area (Å²) in [4.78, 5) is 39.9. The van der Waals surface area contributed by atoms with Gasteiger partial charge in [-0.1, -0.05) is 12.1 Å². The number of H-pyrrole nitrogens is 1. The van der Waals surface area contributed by atoms with E-state index in [0.717, 1.165) is 10.9 Å². The minimum absolute atomic E-state index is 0.146. The van der Waals surface area contributed by atoms with E-state index in [2.05, 4.69) is 4.98 Å². The molecule has 0 unspecified atom stereocenters. The highest BCUT2D eigenvalue weighted by Crippen LogP contribution is 2.23. The summed E-state index contributed by atoms with van der Waals surface area (Å²) in [6.07, 6.45) is 0.537. The Balaban J connectivity index is 1.36. The highest BCUT2D eigenvalue weighted by molar-refractivity contribution is 6.21. The summed E-state index contributed by atoms with van der Waals surface area (Å²) in [6.45, 7) is 0.690. The van der Waals surface area contributed by atoms with Gasteiger partial charge >= 0.3 is 0 Å². The number of rotatable bonds is 5. The highest BCUT2D eigenvalue weighted by Gasteiger charge is 2.34. The van der Waals surface area contributed by atoms with Gasteiger partial charge in [-0.05, 0) is 42.8 Å². The Morgan fingerprint density at radius 3 is 2.35 bits per heavy atom. The van der Waals surface area contributed by atoms with E-state index in [1.807, 2.05) is 6.07 Å². The van der Waals surface area contributed by atoms with Gasteiger partial charge in [0.25, 0.3) is 11.8 Å². The van der Waals surface area contributed by atoms with Crippen molar-refractivity contribution < 1.29 is 14.3 Å². The maximum absolute atomic E-state index is 12.3. The van der Waals surface area contributed by atoms with Gasteiger partial charge in [-0.3, -0.25) is 19.3 Å². The molecule has 0 atom stereocenters. The predicted octanol–water partition coefficient (Wildman–Crippen LogP) is 2.59. The van der Waals surface area contributed by atoms with Crippen LogP contribution in [0, 0.1) is 0 Å². The average Bonchev–Trinajstić information content (AvgIpc) is 2.90. The number of carbonyl (C=O) groups is 2. The summed E-state index contributed by atoms with van der Waals surface area (Å²) in [7, 11) is 0. The molecule has 1 N–H and O–H groups in total. The van der Waals surface area contributed by atoms with Crippen molar-refractivity contribution in [3.8, 4) is 5.75 Å². The topological polar surface area (TPSA) is 79.5 Å². The van der Waals surface area contributed by atoms with Crippen LogP contribution in [0.5, 0.6) is 5.75 Å². The summed E-state index contributed by atoms with van der Waals surface area (Å²) in [6, 6.07) is 15.5. The number of ether oxygens (including phenoxy) is 1. The average molecular weight is 348 g/mol. The standard InChI is InChI=1S/C20H16N2O4/c23-18-9-6-13-12-14(7-8-17(13)21-18)26-11-3-10-22-19(24)15-4-1-2-5-16(15)20(22)25/h1-2,4-9,12H,3,10-11H2,(H,21,23). The second-order valence-corrected chi connectivity index (χ2v) is 6.08. The lowest BCUT2D eigenvalue weighted by molar-refractivity contribution is 0.0647. The van der Waals surface area contributed by atoms with Crippen LogP contribution >= 0.6 is 0 Å². The fourth-order valence-corrected chi connectivity index (χ4v) is 3.08. The van der Waals surface area contributed by atoms with Crippen molar-refractivity contribution in [2.24, 2.45) is 0 Å². The van der Waals surface area contributed by atoms with Crippen LogP contribution in [0.3, 0.4) is 0 Å². The number of nitrogens with zero attached hydrogens (tertiary/aromatic N) is 1. The lowest BCUT2D eigenvalue weighted by Gasteiger charge is -2.14. The van der Waals surface area contributed by atoms with Gasteiger partial charge in [-0.2, -0.15) is 0 Å². The third-order valence-electron chi connectivity index (χ3n) is 4.37. The summed E-state index contributed by atoms with van der Waals surface area (Å²) in [5.41, 5.74) is 1.52. The Hall–Kier alpha value is -3.41. The third-order valence-corrected chi connectivity index (χ3v) is 4.37. The number of benzene rings is 2. The normalized spacial score (nSPS) is 13.3. The Morgan fingerprint density at radius 2 is 1.62 bits per heavy atom. The predicted molar refractivity (Wildman–Crippen MR) is 96.5 cm³/mol. The third kappa shape index (κ3) is 2.86. The molecule has 4 rings (SSSR count). The van der Waals surface area contributed by atoms with E-state index in [0.29, 0.717) is 36.4 Å². The molecule has 26 heavy (non-hydrogen) atoms. The first-order chi connectivity index (χ1) is 12.6. The number of imide groups is 1. The lowest BCUT2D eigenvalue weighted by Crippen LogP contribution is -2.31. The van der Waals surface area contributed by atoms with Crippen molar-refractivity contribution in [2.75, 3.05) is 13.2 Å². The Bertz CT molecular complexity index is 1040. The van der Waals surface area contributed by atoms with Crippen molar-refractivity contribution in [1.29, 1.82) is 0 Å². The first kappa shape index (κ1) is 16.1. The van der Waals surface area contributed by atoms with Crippen molar-refractivity contribution in [2.45, 2.75) is 6.42 Å². The van der Waals surface area contributed by atoms with E-state index < -0.39 is 0 Å². The number of hydrogen-bond acceptors (Lipinski definition) is 4. The van der Waals surface area contributed by atoms with Crippen molar-refractivity contribution in [3.05, 3.63) is 76.1 Å². The molecule has 0 aliphatic carbocycles. The van der Waals surface area contributed by atoms with Crippen LogP contribution in [0.25, 0.3) is 10.9 Å². The van der Waals surface area contributed by atoms with Crippen LogP contribution in [0.1, 0.15) is 27.1 Å². The maximum atomic E-state index is 12.3. The van der Waals surface area contributed by atoms with E-state index in [9.17, 15) is 14.4 Å². The van der Waals surface area contributed by atoms with Crippen LogP contribution in [0.4, 0.5) is 0 Å². The number of aromatic nitrogens is 1. The molecule has 6 nitrogen and oxygen atoms in total. The maximum Gasteiger partial charge on any atom is 0.261 e. The van der Waals surface area contributed by atoms with Gasteiger partial charge in [0, 0.05) is 23.5 Å². The first-order valence-electron chi connectivity index (χ1n) is 8.34. The molecule has 2 heterocycles. The highest BCUT2D eigenvalue weighted by atomic mass is 16.5. The quantitative estimate of drug-likeness (QED) is 0.568. The van der Waals surface area contributed by atoms with Crippen LogP contribution in [0.2, 0.25) is 0 Å².